The van der Waals surface area contributed by atoms with Crippen LogP contribution < -0.4 is 5.73 Å². The number of para-hydroxylation sites is 1. The number of hydrogen-bond acceptors (Lipinski definition) is 5. The molecule has 4 aromatic rings. The Kier molecular flexibility index (Phi) is 4.65. The first-order chi connectivity index (χ1) is 13.6. The number of nitro groups is 1. The van der Waals surface area contributed by atoms with Gasteiger partial charge in [0.15, 0.2) is 5.82 Å². The molecule has 2 heterocycles. The maximum absolute atomic E-state index is 10.9. The summed E-state index contributed by atoms with van der Waals surface area (Å²) >= 11 is 0. The average molecular weight is 375 g/mol. The fourth-order valence-corrected chi connectivity index (χ4v) is 3.51. The molecule has 142 valence electrons. The molecule has 0 radical (unpaired) electrons. The van der Waals surface area contributed by atoms with Crippen molar-refractivity contribution in [3.63, 3.8) is 0 Å². The molecule has 0 unspecified atom stereocenters. The molecule has 2 N–H and O–H groups in total. The van der Waals surface area contributed by atoms with E-state index in [1.54, 1.807) is 12.1 Å². The molecule has 2 aromatic carbocycles. The second-order valence-electron chi connectivity index (χ2n) is 6.85. The van der Waals surface area contributed by atoms with Crippen molar-refractivity contribution in [2.45, 2.75) is 32.7 Å². The van der Waals surface area contributed by atoms with Gasteiger partial charge in [0, 0.05) is 30.5 Å². The van der Waals surface area contributed by atoms with E-state index in [0.29, 0.717) is 17.9 Å². The maximum Gasteiger partial charge on any atom is 0.269 e. The van der Waals surface area contributed by atoms with Crippen molar-refractivity contribution in [3.05, 3.63) is 70.0 Å². The smallest absolute Gasteiger partial charge is 0.269 e. The number of anilines is 1. The van der Waals surface area contributed by atoms with Gasteiger partial charge >= 0.3 is 0 Å². The van der Waals surface area contributed by atoms with Crippen LogP contribution in [0.25, 0.3) is 21.9 Å². The van der Waals surface area contributed by atoms with Gasteiger partial charge in [0.05, 0.1) is 16.0 Å². The van der Waals surface area contributed by atoms with Crippen molar-refractivity contribution in [3.8, 4) is 0 Å². The molecule has 0 aliphatic heterocycles. The molecule has 0 aliphatic rings. The van der Waals surface area contributed by atoms with Crippen molar-refractivity contribution in [1.29, 1.82) is 0 Å². The van der Waals surface area contributed by atoms with Gasteiger partial charge < -0.3 is 10.3 Å². The summed E-state index contributed by atoms with van der Waals surface area (Å²) in [5.41, 5.74) is 9.79. The number of nitro benzene ring substituents is 1. The number of aromatic nitrogens is 3. The second-order valence-corrected chi connectivity index (χ2v) is 6.85. The summed E-state index contributed by atoms with van der Waals surface area (Å²) in [6.45, 7) is 2.72. The van der Waals surface area contributed by atoms with Crippen LogP contribution >= 0.6 is 0 Å². The van der Waals surface area contributed by atoms with Crippen LogP contribution in [0.1, 0.15) is 31.2 Å². The number of nitrogen functional groups attached to an aromatic ring is 1. The molecular formula is C21H21N5O2. The van der Waals surface area contributed by atoms with Gasteiger partial charge in [0.25, 0.3) is 5.69 Å². The van der Waals surface area contributed by atoms with Gasteiger partial charge in [-0.3, -0.25) is 10.1 Å². The summed E-state index contributed by atoms with van der Waals surface area (Å²) in [6, 6.07) is 14.6. The molecule has 0 spiro atoms. The number of pyridine rings is 1. The van der Waals surface area contributed by atoms with Crippen LogP contribution in [0.3, 0.4) is 0 Å². The fourth-order valence-electron chi connectivity index (χ4n) is 3.51. The molecule has 2 aromatic heterocycles. The van der Waals surface area contributed by atoms with Gasteiger partial charge in [0.2, 0.25) is 0 Å². The van der Waals surface area contributed by atoms with E-state index in [1.165, 1.54) is 12.1 Å². The third kappa shape index (κ3) is 3.15. The zero-order valence-electron chi connectivity index (χ0n) is 15.6. The predicted molar refractivity (Wildman–Crippen MR) is 110 cm³/mol. The molecule has 0 amide bonds. The largest absolute Gasteiger partial charge is 0.382 e. The zero-order valence-corrected chi connectivity index (χ0v) is 15.6. The van der Waals surface area contributed by atoms with E-state index in [9.17, 15) is 10.1 Å². The van der Waals surface area contributed by atoms with Gasteiger partial charge in [-0.05, 0) is 18.1 Å². The molecule has 0 aliphatic carbocycles. The summed E-state index contributed by atoms with van der Waals surface area (Å²) in [7, 11) is 0. The maximum atomic E-state index is 10.9. The van der Waals surface area contributed by atoms with Gasteiger partial charge in [-0.25, -0.2) is 9.97 Å². The minimum absolute atomic E-state index is 0.0874. The Morgan fingerprint density at radius 3 is 2.57 bits per heavy atom. The monoisotopic (exact) mass is 375 g/mol. The lowest BCUT2D eigenvalue weighted by Crippen LogP contribution is -2.06. The molecular weight excluding hydrogens is 354 g/mol. The highest BCUT2D eigenvalue weighted by Gasteiger charge is 2.17. The van der Waals surface area contributed by atoms with Crippen molar-refractivity contribution in [2.24, 2.45) is 0 Å². The molecule has 7 heteroatoms. The third-order valence-electron chi connectivity index (χ3n) is 4.93. The quantitative estimate of drug-likeness (QED) is 0.396. The zero-order chi connectivity index (χ0) is 19.7. The molecule has 28 heavy (non-hydrogen) atoms. The van der Waals surface area contributed by atoms with Crippen molar-refractivity contribution >= 4 is 33.4 Å². The van der Waals surface area contributed by atoms with E-state index >= 15 is 0 Å². The number of nitrogens with two attached hydrogens (primary N) is 1. The summed E-state index contributed by atoms with van der Waals surface area (Å²) in [4.78, 5) is 19.9. The first kappa shape index (κ1) is 17.9. The molecule has 0 saturated heterocycles. The number of hydrogen-bond donors (Lipinski definition) is 1. The fraction of sp³-hybridized carbons (Fsp3) is 0.238. The van der Waals surface area contributed by atoms with Crippen molar-refractivity contribution in [1.82, 2.24) is 14.5 Å². The average Bonchev–Trinajstić information content (AvgIpc) is 3.06. The molecule has 4 rings (SSSR count). The lowest BCUT2D eigenvalue weighted by Gasteiger charge is -2.11. The van der Waals surface area contributed by atoms with Crippen LogP contribution in [0.15, 0.2) is 48.5 Å². The predicted octanol–water partition coefficient (Wildman–Crippen LogP) is 4.47. The van der Waals surface area contributed by atoms with Crippen LogP contribution in [0.4, 0.5) is 11.5 Å². The number of rotatable bonds is 6. The van der Waals surface area contributed by atoms with Crippen molar-refractivity contribution in [2.75, 3.05) is 5.73 Å². The van der Waals surface area contributed by atoms with E-state index in [0.717, 1.165) is 47.1 Å². The van der Waals surface area contributed by atoms with E-state index in [2.05, 4.69) is 16.5 Å². The van der Waals surface area contributed by atoms with E-state index < -0.39 is 0 Å². The first-order valence-electron chi connectivity index (χ1n) is 9.35. The number of benzene rings is 2. The standard InChI is InChI=1S/C21H21N5O2/c1-2-3-8-18-24-19-20(16-6-4-5-7-17(16)23-21(19)22)25(18)13-14-9-11-15(12-10-14)26(27)28/h4-7,9-12H,2-3,8,13H2,1H3,(H2,22,23). The number of non-ortho nitro benzene ring substituents is 1. The van der Waals surface area contributed by atoms with Crippen LogP contribution in [0.2, 0.25) is 0 Å². The highest BCUT2D eigenvalue weighted by molar-refractivity contribution is 6.06. The number of aryl methyl sites for hydroxylation is 1. The Balaban J connectivity index is 1.89. The Bertz CT molecular complexity index is 1170. The second kappa shape index (κ2) is 7.26. The van der Waals surface area contributed by atoms with E-state index in [4.69, 9.17) is 10.7 Å². The normalized spacial score (nSPS) is 11.3. The first-order valence-corrected chi connectivity index (χ1v) is 9.35. The summed E-state index contributed by atoms with van der Waals surface area (Å²) in [5.74, 6) is 1.38. The third-order valence-corrected chi connectivity index (χ3v) is 4.93. The van der Waals surface area contributed by atoms with Crippen LogP contribution in [0.5, 0.6) is 0 Å². The van der Waals surface area contributed by atoms with Crippen molar-refractivity contribution < 1.29 is 4.92 Å². The topological polar surface area (TPSA) is 99.9 Å². The Hall–Kier alpha value is -3.48. The lowest BCUT2D eigenvalue weighted by molar-refractivity contribution is -0.384. The minimum Gasteiger partial charge on any atom is -0.382 e. The number of imidazole rings is 1. The number of unbranched alkanes of at least 4 members (excludes halogenated alkanes) is 1. The van der Waals surface area contributed by atoms with E-state index in [1.807, 2.05) is 24.3 Å². The Labute approximate surface area is 162 Å². The summed E-state index contributed by atoms with van der Waals surface area (Å²) < 4.78 is 2.17. The van der Waals surface area contributed by atoms with Gasteiger partial charge in [-0.2, -0.15) is 0 Å². The molecule has 0 saturated carbocycles. The van der Waals surface area contributed by atoms with Gasteiger partial charge in [-0.15, -0.1) is 0 Å². The lowest BCUT2D eigenvalue weighted by atomic mass is 10.1. The highest BCUT2D eigenvalue weighted by atomic mass is 16.6. The van der Waals surface area contributed by atoms with Crippen LogP contribution in [-0.4, -0.2) is 19.5 Å². The number of nitrogens with zero attached hydrogens (tertiary/aromatic N) is 4. The van der Waals surface area contributed by atoms with E-state index in [-0.39, 0.29) is 10.6 Å². The number of fused-ring (bicyclic) bond motifs is 3. The highest BCUT2D eigenvalue weighted by Crippen LogP contribution is 2.30. The van der Waals surface area contributed by atoms with Crippen LogP contribution in [0, 0.1) is 10.1 Å². The summed E-state index contributed by atoms with van der Waals surface area (Å²) in [6.07, 6.45) is 2.93. The van der Waals surface area contributed by atoms with Gasteiger partial charge in [0.1, 0.15) is 11.3 Å². The Morgan fingerprint density at radius 2 is 1.86 bits per heavy atom. The van der Waals surface area contributed by atoms with Crippen LogP contribution in [-0.2, 0) is 13.0 Å². The molecule has 0 atom stereocenters. The molecule has 0 bridgehead atoms. The molecule has 0 fully saturated rings. The molecule has 7 nitrogen and oxygen atoms in total. The Morgan fingerprint density at radius 1 is 1.11 bits per heavy atom. The van der Waals surface area contributed by atoms with Gasteiger partial charge in [-0.1, -0.05) is 43.7 Å². The SMILES string of the molecule is CCCCc1nc2c(N)nc3ccccc3c2n1Cc1ccc([N+](=O)[O-])cc1. The summed E-state index contributed by atoms with van der Waals surface area (Å²) in [5, 5.41) is 11.9. The minimum atomic E-state index is -0.386.